The van der Waals surface area contributed by atoms with Crippen molar-refractivity contribution >= 4 is 5.97 Å². The number of aliphatic hydroxyl groups excluding tert-OH is 4. The van der Waals surface area contributed by atoms with E-state index in [4.69, 9.17) is 9.47 Å². The summed E-state index contributed by atoms with van der Waals surface area (Å²) in [6.07, 6.45) is 1.73. The molecule has 8 nitrogen and oxygen atoms in total. The van der Waals surface area contributed by atoms with Crippen LogP contribution in [0, 0.1) is 28.6 Å². The Morgan fingerprint density at radius 3 is 2.48 bits per heavy atom. The molecule has 12 atom stereocenters. The fraction of sp³-hybridized carbons (Fsp3) is 0.880. The highest BCUT2D eigenvalue weighted by Crippen LogP contribution is 2.64. The average molecular weight is 467 g/mol. The third kappa shape index (κ3) is 3.60. The van der Waals surface area contributed by atoms with Crippen LogP contribution in [0.25, 0.3) is 0 Å². The summed E-state index contributed by atoms with van der Waals surface area (Å²) in [5.41, 5.74) is 1.50. The minimum absolute atomic E-state index is 0.0454. The van der Waals surface area contributed by atoms with Gasteiger partial charge in [-0.3, -0.25) is 0 Å². The van der Waals surface area contributed by atoms with Crippen molar-refractivity contribution in [2.45, 2.75) is 108 Å². The summed E-state index contributed by atoms with van der Waals surface area (Å²) in [4.78, 5) is 11.4. The van der Waals surface area contributed by atoms with Gasteiger partial charge in [0, 0.05) is 0 Å². The quantitative estimate of drug-likeness (QED) is 0.396. The second kappa shape index (κ2) is 8.28. The highest BCUT2D eigenvalue weighted by Gasteiger charge is 2.58. The van der Waals surface area contributed by atoms with Crippen molar-refractivity contribution in [2.75, 3.05) is 0 Å². The minimum atomic E-state index is -1.71. The van der Waals surface area contributed by atoms with Crippen molar-refractivity contribution in [3.8, 4) is 0 Å². The molecule has 0 aromatic carbocycles. The Labute approximate surface area is 194 Å². The van der Waals surface area contributed by atoms with Gasteiger partial charge in [-0.2, -0.15) is 0 Å². The number of ether oxygens (including phenoxy) is 2. The first-order chi connectivity index (χ1) is 15.6. The number of allylic oxidation sites excluding steroid dienone is 1. The third-order valence-corrected chi connectivity index (χ3v) is 10.1. The molecule has 3 saturated carbocycles. The predicted molar refractivity (Wildman–Crippen MR) is 117 cm³/mol. The van der Waals surface area contributed by atoms with E-state index >= 15 is 0 Å². The Morgan fingerprint density at radius 2 is 1.76 bits per heavy atom. The molecule has 5 rings (SSSR count). The molecule has 0 aromatic heterocycles. The normalized spacial score (nSPS) is 54.1. The lowest BCUT2D eigenvalue weighted by Crippen LogP contribution is -2.61. The largest absolute Gasteiger partial charge is 0.479 e. The zero-order chi connectivity index (χ0) is 23.7. The second-order valence-corrected chi connectivity index (χ2v) is 11.6. The van der Waals surface area contributed by atoms with Crippen molar-refractivity contribution < 1.29 is 39.8 Å². The Kier molecular flexibility index (Phi) is 5.94. The van der Waals surface area contributed by atoms with Gasteiger partial charge in [0.2, 0.25) is 0 Å². The molecule has 0 radical (unpaired) electrons. The van der Waals surface area contributed by atoms with Gasteiger partial charge in [0.25, 0.3) is 0 Å². The maximum atomic E-state index is 11.4. The van der Waals surface area contributed by atoms with Crippen LogP contribution in [-0.4, -0.2) is 74.4 Å². The lowest BCUT2D eigenvalue weighted by Gasteiger charge is -2.58. The maximum absolute atomic E-state index is 11.4. The maximum Gasteiger partial charge on any atom is 0.335 e. The lowest BCUT2D eigenvalue weighted by atomic mass is 9.48. The number of hydrogen-bond donors (Lipinski definition) is 5. The molecule has 1 saturated heterocycles. The fourth-order valence-electron chi connectivity index (χ4n) is 8.07. The van der Waals surface area contributed by atoms with Crippen LogP contribution in [0.4, 0.5) is 0 Å². The molecule has 1 aliphatic heterocycles. The number of aliphatic hydroxyl groups is 4. The van der Waals surface area contributed by atoms with Crippen LogP contribution < -0.4 is 0 Å². The highest BCUT2D eigenvalue weighted by molar-refractivity contribution is 5.73. The summed E-state index contributed by atoms with van der Waals surface area (Å²) >= 11 is 0. The molecule has 0 unspecified atom stereocenters. The van der Waals surface area contributed by atoms with E-state index in [0.717, 1.165) is 44.9 Å². The van der Waals surface area contributed by atoms with E-state index < -0.39 is 36.7 Å². The number of carboxylic acid groups (broad SMARTS) is 1. The van der Waals surface area contributed by atoms with Crippen molar-refractivity contribution in [1.82, 2.24) is 0 Å². The van der Waals surface area contributed by atoms with E-state index in [9.17, 15) is 30.3 Å². The summed E-state index contributed by atoms with van der Waals surface area (Å²) in [6, 6.07) is 0. The molecule has 5 N–H and O–H groups in total. The van der Waals surface area contributed by atoms with Crippen LogP contribution >= 0.6 is 0 Å². The minimum Gasteiger partial charge on any atom is -0.479 e. The van der Waals surface area contributed by atoms with Crippen LogP contribution in [0.3, 0.4) is 0 Å². The van der Waals surface area contributed by atoms with Gasteiger partial charge in [0.15, 0.2) is 12.4 Å². The topological polar surface area (TPSA) is 137 Å². The molecule has 0 bridgehead atoms. The molecule has 4 fully saturated rings. The zero-order valence-electron chi connectivity index (χ0n) is 19.5. The van der Waals surface area contributed by atoms with Crippen molar-refractivity contribution in [3.05, 3.63) is 11.6 Å². The molecule has 8 heteroatoms. The first-order valence-electron chi connectivity index (χ1n) is 12.5. The van der Waals surface area contributed by atoms with Crippen LogP contribution in [-0.2, 0) is 14.3 Å². The zero-order valence-corrected chi connectivity index (χ0v) is 19.5. The SMILES string of the molecule is C[C@]12CC[C@H]3[C@@H](CC=C4C[C@H](O[C@@H]5O[C@H](C(=O)O)[C@@H](O)[C@H](O)[C@H]5O)CC[C@@]43C)[C@@H]1CC[C@@H]2O. The summed E-state index contributed by atoms with van der Waals surface area (Å²) in [7, 11) is 0. The summed E-state index contributed by atoms with van der Waals surface area (Å²) in [5, 5.41) is 50.2. The molecular formula is C25H38O8. The first kappa shape index (κ1) is 23.7. The molecule has 5 aliphatic rings. The first-order valence-corrected chi connectivity index (χ1v) is 12.5. The van der Waals surface area contributed by atoms with Crippen LogP contribution in [0.15, 0.2) is 11.6 Å². The van der Waals surface area contributed by atoms with Gasteiger partial charge >= 0.3 is 5.97 Å². The predicted octanol–water partition coefficient (Wildman–Crippen LogP) is 1.59. The number of aliphatic carboxylic acids is 1. The van der Waals surface area contributed by atoms with E-state index in [-0.39, 0.29) is 23.0 Å². The van der Waals surface area contributed by atoms with E-state index in [1.807, 2.05) is 0 Å². The monoisotopic (exact) mass is 466 g/mol. The number of carboxylic acids is 1. The Hall–Kier alpha value is -1.03. The average Bonchev–Trinajstić information content (AvgIpc) is 3.08. The standard InChI is InChI=1S/C25H38O8/c1-24-9-7-13(32-23-20(29)18(27)19(28)21(33-23)22(30)31)11-12(24)3-4-14-15-5-6-17(26)25(15,2)10-8-16(14)24/h3,13-21,23,26-29H,4-11H2,1-2H3,(H,30,31)/t13-,14+,15+,16+,17+,18+,19+,20-,21+,23-,24+,25+/m1/s1. The lowest BCUT2D eigenvalue weighted by molar-refractivity contribution is -0.306. The van der Waals surface area contributed by atoms with E-state index in [2.05, 4.69) is 19.9 Å². The van der Waals surface area contributed by atoms with Crippen LogP contribution in [0.2, 0.25) is 0 Å². The smallest absolute Gasteiger partial charge is 0.335 e. The summed E-state index contributed by atoms with van der Waals surface area (Å²) in [6.45, 7) is 4.65. The van der Waals surface area contributed by atoms with Gasteiger partial charge in [-0.05, 0) is 80.0 Å². The van der Waals surface area contributed by atoms with Gasteiger partial charge in [0.05, 0.1) is 12.2 Å². The molecule has 4 aliphatic carbocycles. The van der Waals surface area contributed by atoms with Crippen molar-refractivity contribution in [3.63, 3.8) is 0 Å². The van der Waals surface area contributed by atoms with Gasteiger partial charge < -0.3 is 35.0 Å². The molecule has 186 valence electrons. The van der Waals surface area contributed by atoms with Gasteiger partial charge in [-0.25, -0.2) is 4.79 Å². The number of hydrogen-bond acceptors (Lipinski definition) is 7. The Balaban J connectivity index is 1.30. The summed E-state index contributed by atoms with van der Waals surface area (Å²) in [5.74, 6) is 0.359. The summed E-state index contributed by atoms with van der Waals surface area (Å²) < 4.78 is 11.3. The Morgan fingerprint density at radius 1 is 1.00 bits per heavy atom. The highest BCUT2D eigenvalue weighted by atomic mass is 16.7. The van der Waals surface area contributed by atoms with Crippen LogP contribution in [0.1, 0.15) is 65.2 Å². The molecule has 0 aromatic rings. The molecular weight excluding hydrogens is 428 g/mol. The van der Waals surface area contributed by atoms with E-state index in [0.29, 0.717) is 24.2 Å². The van der Waals surface area contributed by atoms with Crippen molar-refractivity contribution in [2.24, 2.45) is 28.6 Å². The molecule has 1 heterocycles. The van der Waals surface area contributed by atoms with Crippen molar-refractivity contribution in [1.29, 1.82) is 0 Å². The van der Waals surface area contributed by atoms with Gasteiger partial charge in [-0.15, -0.1) is 0 Å². The van der Waals surface area contributed by atoms with Gasteiger partial charge in [0.1, 0.15) is 18.3 Å². The number of carbonyl (C=O) groups is 1. The molecule has 0 amide bonds. The number of fused-ring (bicyclic) bond motifs is 5. The van der Waals surface area contributed by atoms with Gasteiger partial charge in [-0.1, -0.05) is 25.5 Å². The number of rotatable bonds is 3. The van der Waals surface area contributed by atoms with E-state index in [1.165, 1.54) is 5.57 Å². The molecule has 0 spiro atoms. The van der Waals surface area contributed by atoms with E-state index in [1.54, 1.807) is 0 Å². The third-order valence-electron chi connectivity index (χ3n) is 10.1. The second-order valence-electron chi connectivity index (χ2n) is 11.6. The fourth-order valence-corrected chi connectivity index (χ4v) is 8.07. The molecule has 33 heavy (non-hydrogen) atoms. The van der Waals surface area contributed by atoms with Crippen LogP contribution in [0.5, 0.6) is 0 Å². The Bertz CT molecular complexity index is 814.